The van der Waals surface area contributed by atoms with Gasteiger partial charge in [0, 0.05) is 6.20 Å². The number of hydrogen-bond donors (Lipinski definition) is 2. The highest BCUT2D eigenvalue weighted by Crippen LogP contribution is 2.29. The summed E-state index contributed by atoms with van der Waals surface area (Å²) in [7, 11) is 0. The Morgan fingerprint density at radius 3 is 2.63 bits per heavy atom. The van der Waals surface area contributed by atoms with E-state index in [1.165, 1.54) is 29.2 Å². The molecule has 2 N–H and O–H groups in total. The zero-order chi connectivity index (χ0) is 20.2. The van der Waals surface area contributed by atoms with E-state index in [9.17, 15) is 18.0 Å². The van der Waals surface area contributed by atoms with Gasteiger partial charge in [-0.3, -0.25) is 4.68 Å². The van der Waals surface area contributed by atoms with Crippen LogP contribution in [0.15, 0.2) is 30.6 Å². The summed E-state index contributed by atoms with van der Waals surface area (Å²) in [5.41, 5.74) is 1.75. The first-order valence-electron chi connectivity index (χ1n) is 7.97. The van der Waals surface area contributed by atoms with Crippen LogP contribution in [0.2, 0.25) is 0 Å². The third kappa shape index (κ3) is 5.20. The van der Waals surface area contributed by atoms with Crippen molar-refractivity contribution in [1.29, 1.82) is 0 Å². The molecule has 27 heavy (non-hydrogen) atoms. The minimum atomic E-state index is -5.24. The second kappa shape index (κ2) is 7.97. The fourth-order valence-electron chi connectivity index (χ4n) is 2.12. The van der Waals surface area contributed by atoms with Crippen LogP contribution in [-0.4, -0.2) is 51.1 Å². The Balaban J connectivity index is 2.10. The monoisotopic (exact) mass is 388 g/mol. The van der Waals surface area contributed by atoms with E-state index < -0.39 is 24.5 Å². The highest BCUT2D eigenvalue weighted by Gasteiger charge is 2.53. The number of nitrogens with zero attached hydrogens (tertiary/aromatic N) is 2. The number of esters is 1. The first kappa shape index (κ1) is 20.7. The smallest absolute Gasteiger partial charge is 0.446 e. The number of carbonyl (C=O) groups is 1. The van der Waals surface area contributed by atoms with Crippen molar-refractivity contribution in [2.24, 2.45) is 0 Å². The third-order valence-electron chi connectivity index (χ3n) is 3.69. The zero-order valence-electron chi connectivity index (χ0n) is 14.7. The first-order valence-corrected chi connectivity index (χ1v) is 7.97. The van der Waals surface area contributed by atoms with Gasteiger partial charge in [-0.25, -0.2) is 4.79 Å². The lowest BCUT2D eigenvalue weighted by molar-refractivity contribution is -0.355. The minimum Gasteiger partial charge on any atom is -0.488 e. The van der Waals surface area contributed by atoms with E-state index in [-0.39, 0.29) is 24.5 Å². The van der Waals surface area contributed by atoms with E-state index in [2.05, 4.69) is 5.10 Å². The number of carbonyl (C=O) groups excluding carboxylic acids is 1. The van der Waals surface area contributed by atoms with Crippen LogP contribution < -0.4 is 4.74 Å². The zero-order valence-corrected chi connectivity index (χ0v) is 14.7. The highest BCUT2D eigenvalue weighted by atomic mass is 19.4. The van der Waals surface area contributed by atoms with E-state index in [0.717, 1.165) is 5.56 Å². The number of aryl methyl sites for hydroxylation is 1. The predicted molar refractivity (Wildman–Crippen MR) is 87.2 cm³/mol. The van der Waals surface area contributed by atoms with Crippen LogP contribution in [0.4, 0.5) is 13.2 Å². The van der Waals surface area contributed by atoms with Crippen LogP contribution in [0.3, 0.4) is 0 Å². The highest BCUT2D eigenvalue weighted by molar-refractivity contribution is 5.88. The summed E-state index contributed by atoms with van der Waals surface area (Å²) in [6, 6.07) is 4.50. The molecule has 2 rings (SSSR count). The Kier molecular flexibility index (Phi) is 6.11. The molecule has 0 saturated heterocycles. The standard InChI is InChI=1S/C17H19F3N2O5/c1-3-26-15(23)13-7-21-22(9-13)8-12-6-14(5-4-11(12)2)27-10-16(24,25)17(18,19)20/h4-7,9,24-25H,3,8,10H2,1-2H3. The fraction of sp³-hybridized carbons (Fsp3) is 0.412. The van der Waals surface area contributed by atoms with Crippen LogP contribution >= 0.6 is 0 Å². The molecular formula is C17H19F3N2O5. The molecule has 0 amide bonds. The van der Waals surface area contributed by atoms with Crippen molar-refractivity contribution < 1.29 is 37.7 Å². The summed E-state index contributed by atoms with van der Waals surface area (Å²) < 4.78 is 48.6. The van der Waals surface area contributed by atoms with Crippen molar-refractivity contribution in [1.82, 2.24) is 9.78 Å². The Labute approximate surface area is 152 Å². The summed E-state index contributed by atoms with van der Waals surface area (Å²) in [5.74, 6) is -4.42. The van der Waals surface area contributed by atoms with Gasteiger partial charge in [0.1, 0.15) is 5.75 Å². The molecular weight excluding hydrogens is 369 g/mol. The van der Waals surface area contributed by atoms with Crippen molar-refractivity contribution >= 4 is 5.97 Å². The molecule has 0 aliphatic carbocycles. The summed E-state index contributed by atoms with van der Waals surface area (Å²) in [5, 5.41) is 22.1. The molecule has 7 nitrogen and oxygen atoms in total. The van der Waals surface area contributed by atoms with E-state index in [1.807, 2.05) is 0 Å². The maximum Gasteiger partial charge on any atom is 0.446 e. The molecule has 0 atom stereocenters. The molecule has 0 bridgehead atoms. The van der Waals surface area contributed by atoms with Crippen molar-refractivity contribution in [3.8, 4) is 5.75 Å². The number of aliphatic hydroxyl groups is 2. The molecule has 1 aromatic heterocycles. The number of halogens is 3. The van der Waals surface area contributed by atoms with Crippen molar-refractivity contribution in [2.45, 2.75) is 32.4 Å². The third-order valence-corrected chi connectivity index (χ3v) is 3.69. The van der Waals surface area contributed by atoms with Gasteiger partial charge in [-0.2, -0.15) is 18.3 Å². The van der Waals surface area contributed by atoms with Gasteiger partial charge >= 0.3 is 12.1 Å². The summed E-state index contributed by atoms with van der Waals surface area (Å²) in [6.45, 7) is 2.56. The maximum atomic E-state index is 12.5. The molecule has 1 aromatic carbocycles. The molecule has 10 heteroatoms. The van der Waals surface area contributed by atoms with E-state index in [4.69, 9.17) is 19.7 Å². The predicted octanol–water partition coefficient (Wildman–Crippen LogP) is 2.04. The first-order chi connectivity index (χ1) is 12.5. The molecule has 148 valence electrons. The number of rotatable bonds is 7. The lowest BCUT2D eigenvalue weighted by Gasteiger charge is -2.24. The van der Waals surface area contributed by atoms with Crippen LogP contribution in [0.5, 0.6) is 5.75 Å². The molecule has 0 aliphatic heterocycles. The summed E-state index contributed by atoms with van der Waals surface area (Å²) >= 11 is 0. The molecule has 0 radical (unpaired) electrons. The normalized spacial score (nSPS) is 12.1. The second-order valence-corrected chi connectivity index (χ2v) is 5.84. The summed E-state index contributed by atoms with van der Waals surface area (Å²) in [4.78, 5) is 11.7. The molecule has 0 unspecified atom stereocenters. The topological polar surface area (TPSA) is 93.8 Å². The van der Waals surface area contributed by atoms with Crippen LogP contribution in [0, 0.1) is 6.92 Å². The Morgan fingerprint density at radius 1 is 1.30 bits per heavy atom. The summed E-state index contributed by atoms with van der Waals surface area (Å²) in [6.07, 6.45) is -2.40. The number of alkyl halides is 3. The fourth-order valence-corrected chi connectivity index (χ4v) is 2.12. The number of aromatic nitrogens is 2. The quantitative estimate of drug-likeness (QED) is 0.557. The van der Waals surface area contributed by atoms with Gasteiger partial charge in [-0.05, 0) is 37.1 Å². The van der Waals surface area contributed by atoms with Crippen LogP contribution in [-0.2, 0) is 11.3 Å². The molecule has 0 fully saturated rings. The van der Waals surface area contributed by atoms with Crippen molar-refractivity contribution in [3.05, 3.63) is 47.3 Å². The van der Waals surface area contributed by atoms with E-state index in [1.54, 1.807) is 19.9 Å². The Hall–Kier alpha value is -2.59. The van der Waals surface area contributed by atoms with Crippen LogP contribution in [0.1, 0.15) is 28.4 Å². The molecule has 0 saturated carbocycles. The van der Waals surface area contributed by atoms with Crippen molar-refractivity contribution in [3.63, 3.8) is 0 Å². The average molecular weight is 388 g/mol. The lowest BCUT2D eigenvalue weighted by atomic mass is 10.1. The maximum absolute atomic E-state index is 12.5. The van der Waals surface area contributed by atoms with Crippen molar-refractivity contribution in [2.75, 3.05) is 13.2 Å². The van der Waals surface area contributed by atoms with Gasteiger partial charge in [0.05, 0.1) is 24.9 Å². The van der Waals surface area contributed by atoms with Crippen LogP contribution in [0.25, 0.3) is 0 Å². The molecule has 2 aromatic rings. The van der Waals surface area contributed by atoms with Gasteiger partial charge < -0.3 is 19.7 Å². The van der Waals surface area contributed by atoms with Gasteiger partial charge in [-0.1, -0.05) is 6.07 Å². The molecule has 0 aliphatic rings. The van der Waals surface area contributed by atoms with E-state index >= 15 is 0 Å². The second-order valence-electron chi connectivity index (χ2n) is 5.84. The largest absolute Gasteiger partial charge is 0.488 e. The van der Waals surface area contributed by atoms with Gasteiger partial charge in [0.2, 0.25) is 0 Å². The number of benzene rings is 1. The Morgan fingerprint density at radius 2 is 2.00 bits per heavy atom. The molecule has 0 spiro atoms. The van der Waals surface area contributed by atoms with Gasteiger partial charge in [-0.15, -0.1) is 0 Å². The van der Waals surface area contributed by atoms with Gasteiger partial charge in [0.15, 0.2) is 6.61 Å². The lowest BCUT2D eigenvalue weighted by Crippen LogP contribution is -2.49. The SMILES string of the molecule is CCOC(=O)c1cnn(Cc2cc(OCC(O)(O)C(F)(F)F)ccc2C)c1. The Bertz CT molecular complexity index is 802. The molecule has 1 heterocycles. The average Bonchev–Trinajstić information content (AvgIpc) is 3.03. The minimum absolute atomic E-state index is 0.0325. The van der Waals surface area contributed by atoms with E-state index in [0.29, 0.717) is 5.56 Å². The van der Waals surface area contributed by atoms with Gasteiger partial charge in [0.25, 0.3) is 5.79 Å². The number of hydrogen-bond acceptors (Lipinski definition) is 6. The number of ether oxygens (including phenoxy) is 2.